The Morgan fingerprint density at radius 1 is 1.06 bits per heavy atom. The monoisotopic (exact) mass is 248 g/mol. The number of rotatable bonds is 2. The minimum Gasteiger partial charge on any atom is -0.329 e. The first kappa shape index (κ1) is 11.7. The Morgan fingerprint density at radius 2 is 1.94 bits per heavy atom. The largest absolute Gasteiger partial charge is 0.329 e. The molecule has 4 aliphatic rings. The summed E-state index contributed by atoms with van der Waals surface area (Å²) in [6.45, 7) is 2.28. The van der Waals surface area contributed by atoms with E-state index in [0.717, 1.165) is 30.3 Å². The van der Waals surface area contributed by atoms with E-state index in [0.29, 0.717) is 5.54 Å². The highest BCUT2D eigenvalue weighted by Crippen LogP contribution is 2.55. The highest BCUT2D eigenvalue weighted by Gasteiger charge is 2.56. The SMILES string of the molecule is NCC1(N2CCCC3CCCC32)CC2CCC1C2. The zero-order valence-electron chi connectivity index (χ0n) is 11.6. The summed E-state index contributed by atoms with van der Waals surface area (Å²) < 4.78 is 0. The van der Waals surface area contributed by atoms with Gasteiger partial charge in [-0.25, -0.2) is 0 Å². The maximum absolute atomic E-state index is 6.33. The number of fused-ring (bicyclic) bond motifs is 3. The molecule has 0 spiro atoms. The second-order valence-electron chi connectivity index (χ2n) is 7.48. The fourth-order valence-corrected chi connectivity index (χ4v) is 6.14. The molecule has 1 aliphatic heterocycles. The van der Waals surface area contributed by atoms with Crippen molar-refractivity contribution in [3.63, 3.8) is 0 Å². The fourth-order valence-electron chi connectivity index (χ4n) is 6.14. The van der Waals surface area contributed by atoms with Gasteiger partial charge in [-0.1, -0.05) is 12.8 Å². The van der Waals surface area contributed by atoms with Gasteiger partial charge in [0.25, 0.3) is 0 Å². The van der Waals surface area contributed by atoms with Gasteiger partial charge in [-0.2, -0.15) is 0 Å². The van der Waals surface area contributed by atoms with Gasteiger partial charge in [0.2, 0.25) is 0 Å². The molecule has 102 valence electrons. The van der Waals surface area contributed by atoms with E-state index in [1.807, 2.05) is 0 Å². The highest BCUT2D eigenvalue weighted by molar-refractivity contribution is 5.11. The topological polar surface area (TPSA) is 29.3 Å². The molecule has 0 aromatic carbocycles. The van der Waals surface area contributed by atoms with E-state index in [1.54, 1.807) is 0 Å². The summed E-state index contributed by atoms with van der Waals surface area (Å²) in [4.78, 5) is 2.94. The molecule has 18 heavy (non-hydrogen) atoms. The van der Waals surface area contributed by atoms with E-state index < -0.39 is 0 Å². The van der Waals surface area contributed by atoms with Crippen LogP contribution in [0, 0.1) is 17.8 Å². The first-order valence-corrected chi connectivity index (χ1v) is 8.30. The van der Waals surface area contributed by atoms with E-state index in [-0.39, 0.29) is 0 Å². The molecular weight excluding hydrogens is 220 g/mol. The number of hydrogen-bond acceptors (Lipinski definition) is 2. The third-order valence-corrected chi connectivity index (χ3v) is 6.86. The molecule has 0 radical (unpaired) electrons. The fraction of sp³-hybridized carbons (Fsp3) is 1.00. The number of hydrogen-bond donors (Lipinski definition) is 1. The van der Waals surface area contributed by atoms with Crippen molar-refractivity contribution in [3.05, 3.63) is 0 Å². The molecule has 5 atom stereocenters. The average molecular weight is 248 g/mol. The van der Waals surface area contributed by atoms with Gasteiger partial charge in [0, 0.05) is 18.1 Å². The molecule has 0 amide bonds. The van der Waals surface area contributed by atoms with Crippen molar-refractivity contribution < 1.29 is 0 Å². The number of nitrogens with zero attached hydrogens (tertiary/aromatic N) is 1. The third kappa shape index (κ3) is 1.48. The summed E-state index contributed by atoms with van der Waals surface area (Å²) in [5.74, 6) is 2.97. The van der Waals surface area contributed by atoms with Crippen LogP contribution >= 0.6 is 0 Å². The lowest BCUT2D eigenvalue weighted by molar-refractivity contribution is -0.0289. The van der Waals surface area contributed by atoms with Crippen LogP contribution in [0.4, 0.5) is 0 Å². The van der Waals surface area contributed by atoms with Crippen molar-refractivity contribution in [2.75, 3.05) is 13.1 Å². The van der Waals surface area contributed by atoms with Crippen LogP contribution in [0.2, 0.25) is 0 Å². The van der Waals surface area contributed by atoms with Gasteiger partial charge in [-0.15, -0.1) is 0 Å². The molecule has 1 saturated heterocycles. The van der Waals surface area contributed by atoms with Crippen molar-refractivity contribution >= 4 is 0 Å². The van der Waals surface area contributed by atoms with Crippen molar-refractivity contribution in [1.82, 2.24) is 4.90 Å². The molecule has 0 aromatic heterocycles. The van der Waals surface area contributed by atoms with Gasteiger partial charge >= 0.3 is 0 Å². The van der Waals surface area contributed by atoms with E-state index in [1.165, 1.54) is 64.3 Å². The maximum atomic E-state index is 6.33. The van der Waals surface area contributed by atoms with Gasteiger partial charge < -0.3 is 5.73 Å². The van der Waals surface area contributed by atoms with E-state index >= 15 is 0 Å². The van der Waals surface area contributed by atoms with Gasteiger partial charge in [-0.3, -0.25) is 4.90 Å². The molecular formula is C16H28N2. The molecule has 4 rings (SSSR count). The smallest absolute Gasteiger partial charge is 0.0365 e. The summed E-state index contributed by atoms with van der Waals surface area (Å²) >= 11 is 0. The number of piperidine rings is 1. The van der Waals surface area contributed by atoms with Crippen LogP contribution in [0.3, 0.4) is 0 Å². The van der Waals surface area contributed by atoms with E-state index in [9.17, 15) is 0 Å². The predicted molar refractivity (Wildman–Crippen MR) is 74.3 cm³/mol. The molecule has 2 N–H and O–H groups in total. The average Bonchev–Trinajstić information content (AvgIpc) is 3.12. The summed E-state index contributed by atoms with van der Waals surface area (Å²) in [5.41, 5.74) is 6.75. The quantitative estimate of drug-likeness (QED) is 0.814. The Hall–Kier alpha value is -0.0800. The first-order valence-electron chi connectivity index (χ1n) is 8.30. The number of likely N-dealkylation sites (tertiary alicyclic amines) is 1. The summed E-state index contributed by atoms with van der Waals surface area (Å²) in [7, 11) is 0. The van der Waals surface area contributed by atoms with Crippen molar-refractivity contribution in [1.29, 1.82) is 0 Å². The van der Waals surface area contributed by atoms with Gasteiger partial charge in [0.15, 0.2) is 0 Å². The lowest BCUT2D eigenvalue weighted by Crippen LogP contribution is -2.62. The molecule has 1 heterocycles. The van der Waals surface area contributed by atoms with Gasteiger partial charge in [0.1, 0.15) is 0 Å². The molecule has 5 unspecified atom stereocenters. The minimum atomic E-state index is 0.427. The first-order chi connectivity index (χ1) is 8.83. The molecule has 2 bridgehead atoms. The molecule has 2 heteroatoms. The van der Waals surface area contributed by atoms with Gasteiger partial charge in [0.05, 0.1) is 0 Å². The second kappa shape index (κ2) is 4.21. The van der Waals surface area contributed by atoms with Gasteiger partial charge in [-0.05, 0) is 69.2 Å². The van der Waals surface area contributed by atoms with Crippen LogP contribution in [-0.4, -0.2) is 29.6 Å². The Bertz CT molecular complexity index is 329. The zero-order chi connectivity index (χ0) is 12.2. The van der Waals surface area contributed by atoms with E-state index in [2.05, 4.69) is 4.90 Å². The van der Waals surface area contributed by atoms with Crippen LogP contribution in [-0.2, 0) is 0 Å². The van der Waals surface area contributed by atoms with Crippen LogP contribution in [0.5, 0.6) is 0 Å². The highest BCUT2D eigenvalue weighted by atomic mass is 15.3. The minimum absolute atomic E-state index is 0.427. The third-order valence-electron chi connectivity index (χ3n) is 6.86. The summed E-state index contributed by atoms with van der Waals surface area (Å²) in [6, 6.07) is 0.904. The Morgan fingerprint density at radius 3 is 2.67 bits per heavy atom. The molecule has 2 nitrogen and oxygen atoms in total. The Kier molecular flexibility index (Phi) is 2.74. The van der Waals surface area contributed by atoms with Crippen molar-refractivity contribution in [3.8, 4) is 0 Å². The zero-order valence-corrected chi connectivity index (χ0v) is 11.6. The molecule has 0 aromatic rings. The lowest BCUT2D eigenvalue weighted by Gasteiger charge is -2.53. The van der Waals surface area contributed by atoms with Crippen molar-refractivity contribution in [2.45, 2.75) is 69.4 Å². The summed E-state index contributed by atoms with van der Waals surface area (Å²) in [5, 5.41) is 0. The predicted octanol–water partition coefficient (Wildman–Crippen LogP) is 2.77. The van der Waals surface area contributed by atoms with Crippen LogP contribution in [0.25, 0.3) is 0 Å². The van der Waals surface area contributed by atoms with Crippen LogP contribution < -0.4 is 5.73 Å². The standard InChI is InChI=1S/C16H28N2/c17-11-16(10-12-6-7-14(16)9-12)18-8-2-4-13-3-1-5-15(13)18/h12-15H,1-11,17H2. The lowest BCUT2D eigenvalue weighted by atomic mass is 9.76. The molecule has 3 saturated carbocycles. The van der Waals surface area contributed by atoms with Crippen molar-refractivity contribution in [2.24, 2.45) is 23.5 Å². The second-order valence-corrected chi connectivity index (χ2v) is 7.48. The summed E-state index contributed by atoms with van der Waals surface area (Å²) in [6.07, 6.45) is 13.2. The Labute approximate surface area is 111 Å². The molecule has 3 aliphatic carbocycles. The maximum Gasteiger partial charge on any atom is 0.0365 e. The van der Waals surface area contributed by atoms with Crippen LogP contribution in [0.15, 0.2) is 0 Å². The normalized spacial score (nSPS) is 51.8. The van der Waals surface area contributed by atoms with E-state index in [4.69, 9.17) is 5.73 Å². The van der Waals surface area contributed by atoms with Crippen LogP contribution in [0.1, 0.15) is 57.8 Å². The molecule has 4 fully saturated rings. The number of nitrogens with two attached hydrogens (primary N) is 1. The Balaban J connectivity index is 1.63.